The van der Waals surface area contributed by atoms with E-state index >= 15 is 0 Å². The summed E-state index contributed by atoms with van der Waals surface area (Å²) < 4.78 is 1.10. The highest BCUT2D eigenvalue weighted by Crippen LogP contribution is 2.46. The van der Waals surface area contributed by atoms with E-state index < -0.39 is 0 Å². The van der Waals surface area contributed by atoms with Crippen LogP contribution in [-0.2, 0) is 0 Å². The van der Waals surface area contributed by atoms with E-state index in [0.29, 0.717) is 0 Å². The first-order valence-electron chi connectivity index (χ1n) is 10.6. The molecule has 1 aromatic heterocycles. The monoisotopic (exact) mass is 435 g/mol. The average Bonchev–Trinajstić information content (AvgIpc) is 2.46. The molecule has 3 heterocycles. The minimum atomic E-state index is 0.100. The molecule has 0 amide bonds. The minimum Gasteiger partial charge on any atom is -0.346 e. The number of pyridine rings is 1. The van der Waals surface area contributed by atoms with Crippen LogP contribution in [0.15, 0.2) is 16.6 Å². The molecule has 0 bridgehead atoms. The second kappa shape index (κ2) is 6.64. The molecule has 3 nitrogen and oxygen atoms in total. The molecule has 2 fully saturated rings. The van der Waals surface area contributed by atoms with Crippen molar-refractivity contribution >= 4 is 27.6 Å². The van der Waals surface area contributed by atoms with Gasteiger partial charge in [-0.2, -0.15) is 0 Å². The van der Waals surface area contributed by atoms with Gasteiger partial charge >= 0.3 is 0 Å². The summed E-state index contributed by atoms with van der Waals surface area (Å²) in [7, 11) is 0. The maximum Gasteiger partial charge on any atom is 0.146 e. The van der Waals surface area contributed by atoms with Gasteiger partial charge < -0.3 is 9.80 Å². The summed E-state index contributed by atoms with van der Waals surface area (Å²) in [6.07, 6.45) is 7.39. The molecule has 2 saturated heterocycles. The number of rotatable bonds is 2. The molecule has 0 atom stereocenters. The van der Waals surface area contributed by atoms with Gasteiger partial charge in [-0.3, -0.25) is 0 Å². The van der Waals surface area contributed by atoms with Crippen LogP contribution in [0.5, 0.6) is 0 Å². The standard InChI is InChI=1S/C23H38BrN3/c1-20(2)13-9-14-21(3,4)26(20)18-12-11-17(24)19(25-18)27-22(5,6)15-10-16-23(27,7)8/h11-12H,9-10,13-16H2,1-8H3. The van der Waals surface area contributed by atoms with Crippen molar-refractivity contribution in [2.75, 3.05) is 9.80 Å². The van der Waals surface area contributed by atoms with Crippen LogP contribution in [0.2, 0.25) is 0 Å². The van der Waals surface area contributed by atoms with Crippen LogP contribution in [0.4, 0.5) is 11.6 Å². The van der Waals surface area contributed by atoms with Crippen LogP contribution in [0.25, 0.3) is 0 Å². The number of nitrogens with zero attached hydrogens (tertiary/aromatic N) is 3. The fourth-order valence-corrected chi connectivity index (χ4v) is 6.29. The number of anilines is 2. The Balaban J connectivity index is 2.12. The fraction of sp³-hybridized carbons (Fsp3) is 0.783. The zero-order valence-electron chi connectivity index (χ0n) is 18.6. The van der Waals surface area contributed by atoms with Crippen molar-refractivity contribution in [1.29, 1.82) is 0 Å². The van der Waals surface area contributed by atoms with Crippen LogP contribution < -0.4 is 9.80 Å². The topological polar surface area (TPSA) is 19.4 Å². The predicted molar refractivity (Wildman–Crippen MR) is 121 cm³/mol. The fourth-order valence-electron chi connectivity index (χ4n) is 5.89. The summed E-state index contributed by atoms with van der Waals surface area (Å²) in [4.78, 5) is 10.5. The molecule has 0 unspecified atom stereocenters. The Morgan fingerprint density at radius 3 is 1.56 bits per heavy atom. The highest BCUT2D eigenvalue weighted by atomic mass is 79.9. The molecule has 0 radical (unpaired) electrons. The van der Waals surface area contributed by atoms with Crippen molar-refractivity contribution in [2.45, 2.75) is 116 Å². The quantitative estimate of drug-likeness (QED) is 0.501. The Morgan fingerprint density at radius 2 is 1.11 bits per heavy atom. The molecule has 0 N–H and O–H groups in total. The van der Waals surface area contributed by atoms with Crippen LogP contribution in [0.1, 0.15) is 93.9 Å². The molecule has 0 spiro atoms. The third-order valence-electron chi connectivity index (χ3n) is 6.83. The summed E-state index contributed by atoms with van der Waals surface area (Å²) in [6.45, 7) is 18.9. The van der Waals surface area contributed by atoms with Crippen molar-refractivity contribution in [1.82, 2.24) is 4.98 Å². The molecule has 4 heteroatoms. The van der Waals surface area contributed by atoms with E-state index in [4.69, 9.17) is 4.98 Å². The molecule has 0 aromatic carbocycles. The number of piperidine rings is 2. The number of aromatic nitrogens is 1. The average molecular weight is 436 g/mol. The Labute approximate surface area is 175 Å². The molecule has 2 aliphatic rings. The maximum absolute atomic E-state index is 5.31. The lowest BCUT2D eigenvalue weighted by Gasteiger charge is -2.55. The van der Waals surface area contributed by atoms with Gasteiger partial charge in [-0.1, -0.05) is 0 Å². The molecule has 152 valence electrons. The zero-order valence-corrected chi connectivity index (χ0v) is 20.2. The Bertz CT molecular complexity index is 674. The van der Waals surface area contributed by atoms with Gasteiger partial charge in [0.1, 0.15) is 11.6 Å². The van der Waals surface area contributed by atoms with E-state index in [-0.39, 0.29) is 22.2 Å². The first-order valence-corrected chi connectivity index (χ1v) is 11.3. The first-order chi connectivity index (χ1) is 12.3. The van der Waals surface area contributed by atoms with E-state index in [1.54, 1.807) is 0 Å². The number of halogens is 1. The third kappa shape index (κ3) is 3.75. The number of hydrogen-bond donors (Lipinski definition) is 0. The highest BCUT2D eigenvalue weighted by Gasteiger charge is 2.45. The van der Waals surface area contributed by atoms with Crippen molar-refractivity contribution in [3.63, 3.8) is 0 Å². The molecule has 2 aliphatic heterocycles. The molecular weight excluding hydrogens is 398 g/mol. The predicted octanol–water partition coefficient (Wildman–Crippen LogP) is 6.94. The van der Waals surface area contributed by atoms with Gasteiger partial charge in [0.2, 0.25) is 0 Å². The maximum atomic E-state index is 5.31. The highest BCUT2D eigenvalue weighted by molar-refractivity contribution is 9.10. The Morgan fingerprint density at radius 1 is 0.704 bits per heavy atom. The second-order valence-corrected chi connectivity index (χ2v) is 12.0. The van der Waals surface area contributed by atoms with Gasteiger partial charge in [0.15, 0.2) is 0 Å². The van der Waals surface area contributed by atoms with E-state index in [2.05, 4.69) is 93.3 Å². The summed E-state index contributed by atoms with van der Waals surface area (Å²) >= 11 is 3.83. The largest absolute Gasteiger partial charge is 0.346 e. The Hall–Kier alpha value is -0.770. The molecule has 3 rings (SSSR count). The van der Waals surface area contributed by atoms with Crippen LogP contribution in [-0.4, -0.2) is 27.1 Å². The van der Waals surface area contributed by atoms with E-state index in [9.17, 15) is 0 Å². The third-order valence-corrected chi connectivity index (χ3v) is 7.45. The van der Waals surface area contributed by atoms with Gasteiger partial charge in [-0.05, 0) is 122 Å². The van der Waals surface area contributed by atoms with Gasteiger partial charge in [-0.25, -0.2) is 4.98 Å². The molecule has 0 aliphatic carbocycles. The minimum absolute atomic E-state index is 0.100. The van der Waals surface area contributed by atoms with E-state index in [1.165, 1.54) is 38.5 Å². The lowest BCUT2D eigenvalue weighted by molar-refractivity contribution is 0.237. The van der Waals surface area contributed by atoms with Crippen LogP contribution in [0.3, 0.4) is 0 Å². The van der Waals surface area contributed by atoms with Crippen molar-refractivity contribution < 1.29 is 0 Å². The Kier molecular flexibility index (Phi) is 5.15. The lowest BCUT2D eigenvalue weighted by Crippen LogP contribution is -2.60. The van der Waals surface area contributed by atoms with Crippen molar-refractivity contribution in [3.8, 4) is 0 Å². The number of hydrogen-bond acceptors (Lipinski definition) is 3. The van der Waals surface area contributed by atoms with Crippen molar-refractivity contribution in [2.24, 2.45) is 0 Å². The summed E-state index contributed by atoms with van der Waals surface area (Å²) in [6, 6.07) is 4.41. The zero-order chi connectivity index (χ0) is 20.3. The van der Waals surface area contributed by atoms with Crippen LogP contribution >= 0.6 is 15.9 Å². The van der Waals surface area contributed by atoms with E-state index in [1.807, 2.05) is 0 Å². The molecule has 1 aromatic rings. The van der Waals surface area contributed by atoms with Gasteiger partial charge in [0.05, 0.1) is 4.47 Å². The van der Waals surface area contributed by atoms with Gasteiger partial charge in [-0.15, -0.1) is 0 Å². The summed E-state index contributed by atoms with van der Waals surface area (Å²) in [5, 5.41) is 0. The van der Waals surface area contributed by atoms with Crippen molar-refractivity contribution in [3.05, 3.63) is 16.6 Å². The molecular formula is C23H38BrN3. The summed E-state index contributed by atoms with van der Waals surface area (Å²) in [5.74, 6) is 2.21. The van der Waals surface area contributed by atoms with Gasteiger partial charge in [0.25, 0.3) is 0 Å². The SMILES string of the molecule is CC1(C)CCCC(C)(C)N1c1ccc(Br)c(N2C(C)(C)CCCC2(C)C)n1. The molecule has 0 saturated carbocycles. The lowest BCUT2D eigenvalue weighted by atomic mass is 9.79. The second-order valence-electron chi connectivity index (χ2n) is 11.1. The van der Waals surface area contributed by atoms with Crippen LogP contribution in [0, 0.1) is 0 Å². The van der Waals surface area contributed by atoms with Gasteiger partial charge in [0, 0.05) is 22.2 Å². The van der Waals surface area contributed by atoms with E-state index in [0.717, 1.165) is 16.1 Å². The summed E-state index contributed by atoms with van der Waals surface area (Å²) in [5.41, 5.74) is 0.436. The molecule has 27 heavy (non-hydrogen) atoms. The smallest absolute Gasteiger partial charge is 0.146 e. The first kappa shape index (κ1) is 21.0. The normalized spacial score (nSPS) is 26.1.